The third-order valence-electron chi connectivity index (χ3n) is 5.95. The highest BCUT2D eigenvalue weighted by Gasteiger charge is 2.52. The molecule has 0 radical (unpaired) electrons. The minimum absolute atomic E-state index is 0.312. The van der Waals surface area contributed by atoms with Gasteiger partial charge in [0.05, 0.1) is 10.6 Å². The van der Waals surface area contributed by atoms with Crippen LogP contribution >= 0.6 is 11.3 Å². The van der Waals surface area contributed by atoms with Gasteiger partial charge in [-0.05, 0) is 12.8 Å². The summed E-state index contributed by atoms with van der Waals surface area (Å²) in [6, 6.07) is 9.15. The Morgan fingerprint density at radius 3 is 2.66 bits per heavy atom. The number of imidazole rings is 1. The second-order valence-corrected chi connectivity index (χ2v) is 9.08. The fraction of sp³-hybridized carbons (Fsp3) is 0.318. The molecular weight excluding hydrogens is 428 g/mol. The van der Waals surface area contributed by atoms with Crippen LogP contribution in [-0.4, -0.2) is 49.4 Å². The molecule has 0 unspecified atom stereocenters. The lowest BCUT2D eigenvalue weighted by Crippen LogP contribution is -2.44. The maximum Gasteiger partial charge on any atom is 0.325 e. The lowest BCUT2D eigenvalue weighted by atomic mass is 9.98. The smallest absolute Gasteiger partial charge is 0.325 e. The minimum Gasteiger partial charge on any atom is -0.333 e. The Morgan fingerprint density at radius 2 is 1.97 bits per heavy atom. The van der Waals surface area contributed by atoms with Crippen molar-refractivity contribution in [1.82, 2.24) is 24.8 Å². The predicted molar refractivity (Wildman–Crippen MR) is 120 cm³/mol. The van der Waals surface area contributed by atoms with Gasteiger partial charge in [0.2, 0.25) is 5.91 Å². The van der Waals surface area contributed by atoms with Crippen LogP contribution in [-0.2, 0) is 16.6 Å². The third-order valence-corrected chi connectivity index (χ3v) is 6.92. The van der Waals surface area contributed by atoms with Crippen LogP contribution in [0.1, 0.15) is 25.7 Å². The van der Waals surface area contributed by atoms with Gasteiger partial charge in [-0.25, -0.2) is 14.8 Å². The summed E-state index contributed by atoms with van der Waals surface area (Å²) in [6.45, 7) is -0.343. The number of rotatable bonds is 5. The van der Waals surface area contributed by atoms with Crippen LogP contribution in [0, 0.1) is 0 Å². The first-order valence-electron chi connectivity index (χ1n) is 10.4. The van der Waals surface area contributed by atoms with Gasteiger partial charge in [-0.15, -0.1) is 0 Å². The quantitative estimate of drug-likeness (QED) is 0.581. The van der Waals surface area contributed by atoms with Crippen LogP contribution in [0.2, 0.25) is 0 Å². The van der Waals surface area contributed by atoms with Crippen molar-refractivity contribution in [3.8, 4) is 22.0 Å². The summed E-state index contributed by atoms with van der Waals surface area (Å²) in [7, 11) is 1.89. The van der Waals surface area contributed by atoms with E-state index < -0.39 is 17.5 Å². The Morgan fingerprint density at radius 1 is 1.22 bits per heavy atom. The molecule has 2 aliphatic rings. The van der Waals surface area contributed by atoms with Crippen molar-refractivity contribution in [3.63, 3.8) is 0 Å². The molecule has 1 spiro atoms. The first-order chi connectivity index (χ1) is 15.5. The van der Waals surface area contributed by atoms with Crippen LogP contribution in [0.5, 0.6) is 0 Å². The number of benzene rings is 1. The average Bonchev–Trinajstić information content (AvgIpc) is 3.55. The molecule has 3 heterocycles. The van der Waals surface area contributed by atoms with Crippen molar-refractivity contribution in [2.75, 3.05) is 11.9 Å². The molecule has 0 bridgehead atoms. The molecule has 10 heteroatoms. The number of thiazole rings is 1. The molecule has 3 aromatic rings. The Balaban J connectivity index is 1.38. The van der Waals surface area contributed by atoms with E-state index in [4.69, 9.17) is 0 Å². The molecule has 2 aromatic heterocycles. The molecule has 164 valence electrons. The van der Waals surface area contributed by atoms with Gasteiger partial charge in [0.1, 0.15) is 12.1 Å². The van der Waals surface area contributed by atoms with E-state index in [-0.39, 0.29) is 12.5 Å². The van der Waals surface area contributed by atoms with Crippen LogP contribution < -0.4 is 10.6 Å². The molecule has 1 aliphatic heterocycles. The van der Waals surface area contributed by atoms with E-state index in [9.17, 15) is 14.4 Å². The molecule has 32 heavy (non-hydrogen) atoms. The van der Waals surface area contributed by atoms with E-state index in [1.165, 1.54) is 11.3 Å². The molecule has 2 N–H and O–H groups in total. The third kappa shape index (κ3) is 3.46. The van der Waals surface area contributed by atoms with E-state index in [1.54, 1.807) is 6.20 Å². The summed E-state index contributed by atoms with van der Waals surface area (Å²) in [6.07, 6.45) is 6.58. The van der Waals surface area contributed by atoms with E-state index in [2.05, 4.69) is 20.6 Å². The topological polar surface area (TPSA) is 109 Å². The van der Waals surface area contributed by atoms with Crippen LogP contribution in [0.3, 0.4) is 0 Å². The number of carbonyl (C=O) groups excluding carboxylic acids is 3. The highest BCUT2D eigenvalue weighted by molar-refractivity contribution is 7.19. The number of hydrogen-bond donors (Lipinski definition) is 2. The highest BCUT2D eigenvalue weighted by Crippen LogP contribution is 2.38. The number of hydrogen-bond acceptors (Lipinski definition) is 6. The number of nitrogens with one attached hydrogen (secondary N) is 2. The standard InChI is InChI=1S/C22H22N6O3S/c1-27-12-11-23-18(27)17-16(14-7-3-2-4-8-14)25-20(32-17)24-15(29)13-28-19(30)22(26-21(28)31)9-5-6-10-22/h2-4,7-8,11-12H,5-6,9-10,13H2,1H3,(H,26,31)(H,24,25,29). The van der Waals surface area contributed by atoms with Crippen molar-refractivity contribution in [2.24, 2.45) is 7.05 Å². The summed E-state index contributed by atoms with van der Waals surface area (Å²) in [5.41, 5.74) is 0.782. The summed E-state index contributed by atoms with van der Waals surface area (Å²) in [5.74, 6) is -0.0459. The number of anilines is 1. The van der Waals surface area contributed by atoms with E-state index in [0.29, 0.717) is 23.7 Å². The van der Waals surface area contributed by atoms with Crippen molar-refractivity contribution >= 4 is 34.3 Å². The monoisotopic (exact) mass is 450 g/mol. The second-order valence-electron chi connectivity index (χ2n) is 8.08. The summed E-state index contributed by atoms with van der Waals surface area (Å²) < 4.78 is 1.89. The highest BCUT2D eigenvalue weighted by atomic mass is 32.1. The normalized spacial score (nSPS) is 17.2. The second kappa shape index (κ2) is 7.86. The lowest BCUT2D eigenvalue weighted by molar-refractivity contribution is -0.133. The van der Waals surface area contributed by atoms with Crippen LogP contribution in [0.25, 0.3) is 22.0 Å². The number of nitrogens with zero attached hydrogens (tertiary/aromatic N) is 4. The van der Waals surface area contributed by atoms with Gasteiger partial charge in [-0.3, -0.25) is 14.5 Å². The van der Waals surface area contributed by atoms with Crippen molar-refractivity contribution in [3.05, 3.63) is 42.7 Å². The summed E-state index contributed by atoms with van der Waals surface area (Å²) in [5, 5.41) is 5.93. The summed E-state index contributed by atoms with van der Waals surface area (Å²) in [4.78, 5) is 48.8. The molecule has 5 rings (SSSR count). The predicted octanol–water partition coefficient (Wildman–Crippen LogP) is 3.01. The van der Waals surface area contributed by atoms with Gasteiger partial charge < -0.3 is 15.2 Å². The lowest BCUT2D eigenvalue weighted by Gasteiger charge is -2.19. The zero-order valence-electron chi connectivity index (χ0n) is 17.5. The number of amides is 4. The van der Waals surface area contributed by atoms with Gasteiger partial charge in [-0.2, -0.15) is 0 Å². The van der Waals surface area contributed by atoms with Gasteiger partial charge >= 0.3 is 6.03 Å². The number of urea groups is 1. The average molecular weight is 451 g/mol. The van der Waals surface area contributed by atoms with E-state index >= 15 is 0 Å². The molecule has 9 nitrogen and oxygen atoms in total. The van der Waals surface area contributed by atoms with Crippen LogP contribution in [0.15, 0.2) is 42.7 Å². The Labute approximate surface area is 188 Å². The number of aryl methyl sites for hydroxylation is 1. The number of imide groups is 1. The fourth-order valence-corrected chi connectivity index (χ4v) is 5.38. The molecule has 4 amide bonds. The fourth-order valence-electron chi connectivity index (χ4n) is 4.34. The van der Waals surface area contributed by atoms with Gasteiger partial charge in [-0.1, -0.05) is 54.5 Å². The minimum atomic E-state index is -0.829. The van der Waals surface area contributed by atoms with Crippen LogP contribution in [0.4, 0.5) is 9.93 Å². The Bertz CT molecular complexity index is 1200. The van der Waals surface area contributed by atoms with E-state index in [0.717, 1.165) is 34.0 Å². The Hall–Kier alpha value is -3.53. The summed E-state index contributed by atoms with van der Waals surface area (Å²) >= 11 is 1.30. The molecule has 1 aliphatic carbocycles. The Kier molecular flexibility index (Phi) is 5.01. The van der Waals surface area contributed by atoms with E-state index in [1.807, 2.05) is 48.1 Å². The molecule has 1 saturated heterocycles. The molecule has 2 fully saturated rings. The molecule has 1 aromatic carbocycles. The van der Waals surface area contributed by atoms with Crippen molar-refractivity contribution < 1.29 is 14.4 Å². The SMILES string of the molecule is Cn1ccnc1-c1sc(NC(=O)CN2C(=O)NC3(CCCC3)C2=O)nc1-c1ccccc1. The van der Waals surface area contributed by atoms with Gasteiger partial charge in [0, 0.05) is 25.0 Å². The van der Waals surface area contributed by atoms with Gasteiger partial charge in [0.15, 0.2) is 11.0 Å². The maximum atomic E-state index is 12.8. The van der Waals surface area contributed by atoms with Gasteiger partial charge in [0.25, 0.3) is 5.91 Å². The number of carbonyl (C=O) groups is 3. The molecular formula is C22H22N6O3S. The first kappa shape index (κ1) is 20.4. The van der Waals surface area contributed by atoms with Crippen molar-refractivity contribution in [2.45, 2.75) is 31.2 Å². The largest absolute Gasteiger partial charge is 0.333 e. The maximum absolute atomic E-state index is 12.8. The number of aromatic nitrogens is 3. The zero-order chi connectivity index (χ0) is 22.3. The zero-order valence-corrected chi connectivity index (χ0v) is 18.3. The molecule has 0 atom stereocenters. The first-order valence-corrected chi connectivity index (χ1v) is 11.3. The van der Waals surface area contributed by atoms with Crippen molar-refractivity contribution in [1.29, 1.82) is 0 Å². The molecule has 1 saturated carbocycles.